The number of aromatic nitrogens is 2. The molecule has 1 amide bonds. The zero-order valence-electron chi connectivity index (χ0n) is 15.4. The molecule has 0 saturated heterocycles. The summed E-state index contributed by atoms with van der Waals surface area (Å²) in [6, 6.07) is 14.4. The minimum Gasteiger partial charge on any atom is -0.349 e. The first-order valence-corrected chi connectivity index (χ1v) is 10.1. The number of thioether (sulfide) groups is 1. The monoisotopic (exact) mass is 413 g/mol. The van der Waals surface area contributed by atoms with Gasteiger partial charge in [0.1, 0.15) is 0 Å². The van der Waals surface area contributed by atoms with Crippen LogP contribution in [0.15, 0.2) is 71.1 Å². The van der Waals surface area contributed by atoms with E-state index >= 15 is 0 Å². The molecule has 1 N–H and O–H groups in total. The van der Waals surface area contributed by atoms with Crippen molar-refractivity contribution in [2.24, 2.45) is 0 Å². The third kappa shape index (κ3) is 4.64. The fourth-order valence-corrected chi connectivity index (χ4v) is 3.74. The number of carbonyl (C=O) groups is 1. The minimum absolute atomic E-state index is 0.136. The number of halogens is 1. The molecule has 0 unspecified atom stereocenters. The van der Waals surface area contributed by atoms with Gasteiger partial charge < -0.3 is 5.32 Å². The number of para-hydroxylation sites is 1. The number of benzene rings is 2. The van der Waals surface area contributed by atoms with Gasteiger partial charge in [0.2, 0.25) is 5.91 Å². The van der Waals surface area contributed by atoms with Crippen LogP contribution in [0.1, 0.15) is 18.5 Å². The van der Waals surface area contributed by atoms with Crippen LogP contribution in [-0.2, 0) is 11.3 Å². The molecule has 28 heavy (non-hydrogen) atoms. The maximum absolute atomic E-state index is 12.7. The molecule has 1 heterocycles. The van der Waals surface area contributed by atoms with E-state index in [1.165, 1.54) is 16.3 Å². The van der Waals surface area contributed by atoms with Gasteiger partial charge in [0.05, 0.1) is 22.7 Å². The van der Waals surface area contributed by atoms with Gasteiger partial charge in [0.15, 0.2) is 5.16 Å². The lowest BCUT2D eigenvalue weighted by atomic mass is 10.1. The number of hydrogen-bond acceptors (Lipinski definition) is 4. The molecule has 7 heteroatoms. The Balaban J connectivity index is 1.74. The summed E-state index contributed by atoms with van der Waals surface area (Å²) in [5.41, 5.74) is 1.45. The second-order valence-corrected chi connectivity index (χ2v) is 7.62. The Bertz CT molecular complexity index is 1060. The third-order valence-electron chi connectivity index (χ3n) is 4.22. The zero-order valence-corrected chi connectivity index (χ0v) is 17.0. The fourth-order valence-electron chi connectivity index (χ4n) is 2.80. The van der Waals surface area contributed by atoms with Crippen molar-refractivity contribution in [1.29, 1.82) is 0 Å². The molecule has 0 aliphatic rings. The SMILES string of the molecule is C=CCn1c(SCC(=O)N[C@@H](C)c2ccc(Cl)cc2)nc2ccccc2c1=O. The van der Waals surface area contributed by atoms with Crippen LogP contribution in [0.2, 0.25) is 5.02 Å². The van der Waals surface area contributed by atoms with E-state index in [0.29, 0.717) is 27.6 Å². The zero-order chi connectivity index (χ0) is 20.1. The Morgan fingerprint density at radius 2 is 2.00 bits per heavy atom. The fraction of sp³-hybridized carbons (Fsp3) is 0.190. The van der Waals surface area contributed by atoms with Gasteiger partial charge in [-0.1, -0.05) is 53.7 Å². The largest absolute Gasteiger partial charge is 0.349 e. The van der Waals surface area contributed by atoms with E-state index in [2.05, 4.69) is 16.9 Å². The first-order valence-electron chi connectivity index (χ1n) is 8.77. The minimum atomic E-state index is -0.148. The summed E-state index contributed by atoms with van der Waals surface area (Å²) in [6.45, 7) is 5.95. The molecule has 0 fully saturated rings. The molecule has 3 rings (SSSR count). The molecule has 0 aliphatic carbocycles. The number of carbonyl (C=O) groups excluding carboxylic acids is 1. The highest BCUT2D eigenvalue weighted by Crippen LogP contribution is 2.19. The summed E-state index contributed by atoms with van der Waals surface area (Å²) in [5, 5.41) is 4.65. The predicted molar refractivity (Wildman–Crippen MR) is 115 cm³/mol. The van der Waals surface area contributed by atoms with Gasteiger partial charge in [-0.05, 0) is 36.8 Å². The van der Waals surface area contributed by atoms with E-state index in [0.717, 1.165) is 5.56 Å². The molecule has 3 aromatic rings. The Labute approximate surface area is 172 Å². The van der Waals surface area contributed by atoms with Crippen molar-refractivity contribution in [3.8, 4) is 0 Å². The average molecular weight is 414 g/mol. The lowest BCUT2D eigenvalue weighted by Gasteiger charge is -2.15. The number of rotatable bonds is 7. The van der Waals surface area contributed by atoms with Gasteiger partial charge in [0, 0.05) is 11.6 Å². The molecular formula is C21H20ClN3O2S. The van der Waals surface area contributed by atoms with Gasteiger partial charge in [-0.25, -0.2) is 4.98 Å². The molecule has 0 bridgehead atoms. The third-order valence-corrected chi connectivity index (χ3v) is 5.45. The van der Waals surface area contributed by atoms with Gasteiger partial charge in [-0.3, -0.25) is 14.2 Å². The van der Waals surface area contributed by atoms with Crippen molar-refractivity contribution >= 4 is 40.2 Å². The Morgan fingerprint density at radius 3 is 2.71 bits per heavy atom. The molecular weight excluding hydrogens is 394 g/mol. The van der Waals surface area contributed by atoms with Gasteiger partial charge in [-0.2, -0.15) is 0 Å². The number of nitrogens with one attached hydrogen (secondary N) is 1. The van der Waals surface area contributed by atoms with Crippen LogP contribution in [0.3, 0.4) is 0 Å². The van der Waals surface area contributed by atoms with Crippen LogP contribution in [0, 0.1) is 0 Å². The van der Waals surface area contributed by atoms with Crippen LogP contribution < -0.4 is 10.9 Å². The van der Waals surface area contributed by atoms with E-state index in [9.17, 15) is 9.59 Å². The Hall–Kier alpha value is -2.57. The van der Waals surface area contributed by atoms with Crippen LogP contribution in [0.25, 0.3) is 10.9 Å². The standard InChI is InChI=1S/C21H20ClN3O2S/c1-3-12-25-20(27)17-6-4-5-7-18(17)24-21(25)28-13-19(26)23-14(2)15-8-10-16(22)11-9-15/h3-11,14H,1,12-13H2,2H3,(H,23,26)/t14-/m0/s1. The molecule has 5 nitrogen and oxygen atoms in total. The van der Waals surface area contributed by atoms with E-state index < -0.39 is 0 Å². The van der Waals surface area contributed by atoms with Crippen molar-refractivity contribution < 1.29 is 4.79 Å². The number of fused-ring (bicyclic) bond motifs is 1. The molecule has 0 radical (unpaired) electrons. The summed E-state index contributed by atoms with van der Waals surface area (Å²) in [4.78, 5) is 29.7. The molecule has 1 aromatic heterocycles. The number of nitrogens with zero attached hydrogens (tertiary/aromatic N) is 2. The smallest absolute Gasteiger partial charge is 0.262 e. The average Bonchev–Trinajstić information content (AvgIpc) is 2.69. The number of allylic oxidation sites excluding steroid dienone is 1. The maximum Gasteiger partial charge on any atom is 0.262 e. The molecule has 2 aromatic carbocycles. The van der Waals surface area contributed by atoms with E-state index in [1.54, 1.807) is 30.3 Å². The van der Waals surface area contributed by atoms with Crippen LogP contribution in [0.5, 0.6) is 0 Å². The van der Waals surface area contributed by atoms with Gasteiger partial charge >= 0.3 is 0 Å². The summed E-state index contributed by atoms with van der Waals surface area (Å²) in [5.74, 6) is 0.0138. The summed E-state index contributed by atoms with van der Waals surface area (Å²) < 4.78 is 1.54. The van der Waals surface area contributed by atoms with Gasteiger partial charge in [-0.15, -0.1) is 6.58 Å². The Morgan fingerprint density at radius 1 is 1.29 bits per heavy atom. The van der Waals surface area contributed by atoms with E-state index in [1.807, 2.05) is 31.2 Å². The topological polar surface area (TPSA) is 64.0 Å². The van der Waals surface area contributed by atoms with Crippen molar-refractivity contribution in [3.05, 3.63) is 82.1 Å². The molecule has 0 saturated carbocycles. The molecule has 1 atom stereocenters. The van der Waals surface area contributed by atoms with Gasteiger partial charge in [0.25, 0.3) is 5.56 Å². The normalized spacial score (nSPS) is 11.9. The lowest BCUT2D eigenvalue weighted by molar-refractivity contribution is -0.119. The van der Waals surface area contributed by atoms with E-state index in [-0.39, 0.29) is 23.3 Å². The van der Waals surface area contributed by atoms with Crippen LogP contribution in [-0.4, -0.2) is 21.2 Å². The highest BCUT2D eigenvalue weighted by Gasteiger charge is 2.14. The highest BCUT2D eigenvalue weighted by molar-refractivity contribution is 7.99. The quantitative estimate of drug-likeness (QED) is 0.358. The summed E-state index contributed by atoms with van der Waals surface area (Å²) >= 11 is 7.14. The van der Waals surface area contributed by atoms with Crippen molar-refractivity contribution in [1.82, 2.24) is 14.9 Å². The predicted octanol–water partition coefficient (Wildman–Crippen LogP) is 4.21. The summed E-state index contributed by atoms with van der Waals surface area (Å²) in [7, 11) is 0. The first kappa shape index (κ1) is 20.2. The summed E-state index contributed by atoms with van der Waals surface area (Å²) in [6.07, 6.45) is 1.64. The first-order chi connectivity index (χ1) is 13.5. The maximum atomic E-state index is 12.7. The molecule has 0 spiro atoms. The second kappa shape index (κ2) is 9.08. The molecule has 0 aliphatic heterocycles. The number of hydrogen-bond donors (Lipinski definition) is 1. The van der Waals surface area contributed by atoms with Crippen molar-refractivity contribution in [2.75, 3.05) is 5.75 Å². The van der Waals surface area contributed by atoms with Crippen molar-refractivity contribution in [2.45, 2.75) is 24.7 Å². The van der Waals surface area contributed by atoms with Crippen LogP contribution >= 0.6 is 23.4 Å². The number of amides is 1. The lowest BCUT2D eigenvalue weighted by Crippen LogP contribution is -2.29. The van der Waals surface area contributed by atoms with E-state index in [4.69, 9.17) is 11.6 Å². The van der Waals surface area contributed by atoms with Crippen LogP contribution in [0.4, 0.5) is 0 Å². The molecule has 144 valence electrons. The highest BCUT2D eigenvalue weighted by atomic mass is 35.5. The Kier molecular flexibility index (Phi) is 6.54. The second-order valence-electron chi connectivity index (χ2n) is 6.25. The van der Waals surface area contributed by atoms with Crippen molar-refractivity contribution in [3.63, 3.8) is 0 Å².